The number of urea groups is 1. The zero-order valence-corrected chi connectivity index (χ0v) is 9.55. The van der Waals surface area contributed by atoms with E-state index in [1.165, 1.54) is 4.90 Å². The molecule has 5 heteroatoms. The van der Waals surface area contributed by atoms with Crippen molar-refractivity contribution in [3.05, 3.63) is 0 Å². The van der Waals surface area contributed by atoms with Crippen molar-refractivity contribution >= 4 is 23.5 Å². The Morgan fingerprint density at radius 2 is 1.86 bits per heavy atom. The van der Waals surface area contributed by atoms with Gasteiger partial charge in [0.1, 0.15) is 5.38 Å². The molecular formula is C9H15ClN2O2. The molecule has 1 fully saturated rings. The lowest BCUT2D eigenvalue weighted by molar-refractivity contribution is -0.133. The van der Waals surface area contributed by atoms with Crippen molar-refractivity contribution in [1.29, 1.82) is 0 Å². The Hall–Kier alpha value is -0.770. The number of halogens is 1. The number of carbonyl (C=O) groups is 2. The van der Waals surface area contributed by atoms with Crippen LogP contribution in [0.25, 0.3) is 0 Å². The molecule has 4 nitrogen and oxygen atoms in total. The van der Waals surface area contributed by atoms with E-state index in [2.05, 4.69) is 5.32 Å². The molecule has 1 aliphatic rings. The first-order valence-electron chi connectivity index (χ1n) is 4.54. The second-order valence-electron chi connectivity index (χ2n) is 4.48. The van der Waals surface area contributed by atoms with E-state index in [0.29, 0.717) is 0 Å². The van der Waals surface area contributed by atoms with Gasteiger partial charge in [-0.1, -0.05) is 0 Å². The van der Waals surface area contributed by atoms with Crippen molar-refractivity contribution in [2.24, 2.45) is 0 Å². The average molecular weight is 219 g/mol. The Bertz CT molecular complexity index is 272. The number of imide groups is 1. The number of amides is 3. The standard InChI is InChI=1S/C9H15ClN2O2/c1-5-6(10)7(13)12(8(14)11-5)9(2,3)4/h5-6H,1-4H3,(H,11,14)/t5-,6+/m0/s1. The molecule has 0 aromatic heterocycles. The van der Waals surface area contributed by atoms with Crippen LogP contribution in [0.3, 0.4) is 0 Å². The number of nitrogens with one attached hydrogen (secondary N) is 1. The van der Waals surface area contributed by atoms with Crippen LogP contribution in [-0.4, -0.2) is 33.8 Å². The van der Waals surface area contributed by atoms with Gasteiger partial charge in [-0.25, -0.2) is 4.79 Å². The fourth-order valence-corrected chi connectivity index (χ4v) is 1.57. The van der Waals surface area contributed by atoms with E-state index < -0.39 is 10.9 Å². The Labute approximate surface area is 88.6 Å². The summed E-state index contributed by atoms with van der Waals surface area (Å²) in [6.07, 6.45) is 0. The Kier molecular flexibility index (Phi) is 2.76. The van der Waals surface area contributed by atoms with Crippen molar-refractivity contribution in [2.45, 2.75) is 44.7 Å². The first-order valence-corrected chi connectivity index (χ1v) is 4.97. The molecule has 0 unspecified atom stereocenters. The van der Waals surface area contributed by atoms with E-state index in [1.807, 2.05) is 0 Å². The van der Waals surface area contributed by atoms with Crippen molar-refractivity contribution in [1.82, 2.24) is 10.2 Å². The van der Waals surface area contributed by atoms with Gasteiger partial charge in [0, 0.05) is 5.54 Å². The fourth-order valence-electron chi connectivity index (χ4n) is 1.40. The fraction of sp³-hybridized carbons (Fsp3) is 0.778. The highest BCUT2D eigenvalue weighted by Gasteiger charge is 2.42. The summed E-state index contributed by atoms with van der Waals surface area (Å²) in [5.74, 6) is -0.324. The molecule has 2 atom stereocenters. The molecule has 1 heterocycles. The molecule has 1 aliphatic heterocycles. The number of hydrogen-bond donors (Lipinski definition) is 1. The number of carbonyl (C=O) groups excluding carboxylic acids is 2. The van der Waals surface area contributed by atoms with E-state index in [4.69, 9.17) is 11.6 Å². The highest BCUT2D eigenvalue weighted by atomic mass is 35.5. The topological polar surface area (TPSA) is 49.4 Å². The van der Waals surface area contributed by atoms with Gasteiger partial charge in [-0.3, -0.25) is 9.69 Å². The van der Waals surface area contributed by atoms with Gasteiger partial charge in [0.05, 0.1) is 6.04 Å². The smallest absolute Gasteiger partial charge is 0.324 e. The second-order valence-corrected chi connectivity index (χ2v) is 4.95. The molecule has 0 aliphatic carbocycles. The first kappa shape index (κ1) is 11.3. The third-order valence-corrected chi connectivity index (χ3v) is 2.68. The van der Waals surface area contributed by atoms with Crippen LogP contribution in [0.2, 0.25) is 0 Å². The van der Waals surface area contributed by atoms with Crippen molar-refractivity contribution in [2.75, 3.05) is 0 Å². The van der Waals surface area contributed by atoms with E-state index in [1.54, 1.807) is 27.7 Å². The monoisotopic (exact) mass is 218 g/mol. The maximum atomic E-state index is 11.7. The van der Waals surface area contributed by atoms with Crippen LogP contribution in [0.1, 0.15) is 27.7 Å². The Balaban J connectivity index is 2.97. The Morgan fingerprint density at radius 3 is 2.29 bits per heavy atom. The normalized spacial score (nSPS) is 29.1. The van der Waals surface area contributed by atoms with Crippen LogP contribution < -0.4 is 5.32 Å². The Morgan fingerprint density at radius 1 is 1.36 bits per heavy atom. The van der Waals surface area contributed by atoms with E-state index in [0.717, 1.165) is 0 Å². The van der Waals surface area contributed by atoms with Gasteiger partial charge < -0.3 is 5.32 Å². The highest BCUT2D eigenvalue weighted by Crippen LogP contribution is 2.22. The molecule has 0 aromatic rings. The van der Waals surface area contributed by atoms with Gasteiger partial charge in [0.2, 0.25) is 0 Å². The lowest BCUT2D eigenvalue weighted by Crippen LogP contribution is -2.64. The number of hydrogen-bond acceptors (Lipinski definition) is 2. The third kappa shape index (κ3) is 1.85. The number of rotatable bonds is 0. The summed E-state index contributed by atoms with van der Waals surface area (Å²) in [7, 11) is 0. The molecule has 0 bridgehead atoms. The molecule has 80 valence electrons. The number of nitrogens with zero attached hydrogens (tertiary/aromatic N) is 1. The predicted molar refractivity (Wildman–Crippen MR) is 54.2 cm³/mol. The van der Waals surface area contributed by atoms with Crippen molar-refractivity contribution < 1.29 is 9.59 Å². The minimum absolute atomic E-state index is 0.310. The van der Waals surface area contributed by atoms with Gasteiger partial charge in [0.25, 0.3) is 5.91 Å². The SMILES string of the molecule is C[C@@H]1NC(=O)N(C(C)(C)C)C(=O)[C@@H]1Cl. The van der Waals surface area contributed by atoms with Crippen LogP contribution in [0.4, 0.5) is 4.79 Å². The summed E-state index contributed by atoms with van der Waals surface area (Å²) in [5, 5.41) is 1.98. The summed E-state index contributed by atoms with van der Waals surface area (Å²) in [5.41, 5.74) is -0.533. The summed E-state index contributed by atoms with van der Waals surface area (Å²) >= 11 is 5.88. The second kappa shape index (κ2) is 3.42. The van der Waals surface area contributed by atoms with Gasteiger partial charge in [-0.05, 0) is 27.7 Å². The maximum Gasteiger partial charge on any atom is 0.324 e. The van der Waals surface area contributed by atoms with Crippen molar-refractivity contribution in [3.63, 3.8) is 0 Å². The van der Waals surface area contributed by atoms with Gasteiger partial charge in [-0.2, -0.15) is 0 Å². The van der Waals surface area contributed by atoms with Crippen LogP contribution in [0.5, 0.6) is 0 Å². The molecule has 3 amide bonds. The molecular weight excluding hydrogens is 204 g/mol. The molecule has 14 heavy (non-hydrogen) atoms. The first-order chi connectivity index (χ1) is 6.25. The minimum Gasteiger partial charge on any atom is -0.333 e. The van der Waals surface area contributed by atoms with E-state index >= 15 is 0 Å². The molecule has 1 saturated heterocycles. The summed E-state index contributed by atoms with van der Waals surface area (Å²) < 4.78 is 0. The van der Waals surface area contributed by atoms with Crippen LogP contribution in [-0.2, 0) is 4.79 Å². The van der Waals surface area contributed by atoms with Crippen LogP contribution in [0.15, 0.2) is 0 Å². The maximum absolute atomic E-state index is 11.7. The van der Waals surface area contributed by atoms with Gasteiger partial charge >= 0.3 is 6.03 Å². The van der Waals surface area contributed by atoms with Crippen molar-refractivity contribution in [3.8, 4) is 0 Å². The summed E-state index contributed by atoms with van der Waals surface area (Å²) in [6.45, 7) is 7.10. The lowest BCUT2D eigenvalue weighted by atomic mass is 10.0. The van der Waals surface area contributed by atoms with Crippen LogP contribution in [0, 0.1) is 0 Å². The third-order valence-electron chi connectivity index (χ3n) is 2.12. The van der Waals surface area contributed by atoms with Gasteiger partial charge in [-0.15, -0.1) is 11.6 Å². The zero-order chi connectivity index (χ0) is 11.1. The summed E-state index contributed by atoms with van der Waals surface area (Å²) in [4.78, 5) is 24.4. The predicted octanol–water partition coefficient (Wildman–Crippen LogP) is 1.33. The average Bonchev–Trinajstić information content (AvgIpc) is 1.97. The highest BCUT2D eigenvalue weighted by molar-refractivity contribution is 6.33. The lowest BCUT2D eigenvalue weighted by Gasteiger charge is -2.40. The van der Waals surface area contributed by atoms with E-state index in [9.17, 15) is 9.59 Å². The largest absolute Gasteiger partial charge is 0.333 e. The molecule has 0 radical (unpaired) electrons. The van der Waals surface area contributed by atoms with Gasteiger partial charge in [0.15, 0.2) is 0 Å². The molecule has 1 N–H and O–H groups in total. The quantitative estimate of drug-likeness (QED) is 0.624. The molecule has 0 spiro atoms. The molecule has 0 aromatic carbocycles. The molecule has 0 saturated carbocycles. The van der Waals surface area contributed by atoms with E-state index in [-0.39, 0.29) is 18.0 Å². The molecule has 1 rings (SSSR count). The summed E-state index contributed by atoms with van der Waals surface area (Å²) in [6, 6.07) is -0.679. The zero-order valence-electron chi connectivity index (χ0n) is 8.80. The van der Waals surface area contributed by atoms with Crippen LogP contribution >= 0.6 is 11.6 Å². The number of alkyl halides is 1. The minimum atomic E-state index is -0.674.